The molecule has 2 aromatic carbocycles. The minimum Gasteiger partial charge on any atom is -0.506 e. The van der Waals surface area contributed by atoms with E-state index in [9.17, 15) is 9.90 Å². The maximum atomic E-state index is 12.4. The number of carbonyl (C=O) groups excluding carboxylic acids is 1. The molecular weight excluding hydrogens is 463 g/mol. The molecule has 1 aliphatic rings. The van der Waals surface area contributed by atoms with Gasteiger partial charge >= 0.3 is 5.97 Å². The van der Waals surface area contributed by atoms with Gasteiger partial charge in [-0.3, -0.25) is 4.90 Å². The lowest BCUT2D eigenvalue weighted by Gasteiger charge is -2.32. The molecule has 1 aromatic heterocycles. The number of fused-ring (bicyclic) bond motifs is 1. The summed E-state index contributed by atoms with van der Waals surface area (Å²) in [6.07, 6.45) is 1.86. The molecule has 0 amide bonds. The van der Waals surface area contributed by atoms with Gasteiger partial charge in [0, 0.05) is 23.7 Å². The number of benzene rings is 2. The van der Waals surface area contributed by atoms with Crippen molar-refractivity contribution in [3.8, 4) is 5.75 Å². The molecule has 0 atom stereocenters. The number of halogens is 2. The topological polar surface area (TPSA) is 90.5 Å². The molecule has 33 heavy (non-hydrogen) atoms. The van der Waals surface area contributed by atoms with Gasteiger partial charge in [-0.25, -0.2) is 9.78 Å². The molecule has 2 heterocycles. The number of phenols is 1. The van der Waals surface area contributed by atoms with Crippen molar-refractivity contribution in [2.45, 2.75) is 39.3 Å². The van der Waals surface area contributed by atoms with E-state index in [1.165, 1.54) is 0 Å². The molecule has 1 saturated heterocycles. The number of imidazole rings is 1. The number of H-pyrrole nitrogens is 1. The number of piperidine rings is 1. The molecule has 1 aliphatic heterocycles. The maximum absolute atomic E-state index is 12.4. The van der Waals surface area contributed by atoms with Gasteiger partial charge in [0.05, 0.1) is 22.2 Å². The van der Waals surface area contributed by atoms with E-state index in [0.29, 0.717) is 34.5 Å². The molecule has 0 radical (unpaired) electrons. The lowest BCUT2D eigenvalue weighted by Crippen LogP contribution is -2.35. The summed E-state index contributed by atoms with van der Waals surface area (Å²) in [5, 5.41) is 14.4. The second kappa shape index (κ2) is 10.2. The van der Waals surface area contributed by atoms with Crippen LogP contribution in [0.5, 0.6) is 5.75 Å². The van der Waals surface area contributed by atoms with Crippen molar-refractivity contribution in [1.82, 2.24) is 14.9 Å². The first-order valence-corrected chi connectivity index (χ1v) is 11.9. The number of aromatic nitrogens is 2. The smallest absolute Gasteiger partial charge is 0.340 e. The van der Waals surface area contributed by atoms with Crippen LogP contribution in [0.3, 0.4) is 0 Å². The summed E-state index contributed by atoms with van der Waals surface area (Å²) in [7, 11) is 0. The molecule has 4 rings (SSSR count). The lowest BCUT2D eigenvalue weighted by molar-refractivity contribution is 0.0380. The minimum atomic E-state index is -0.368. The number of ether oxygens (including phenoxy) is 1. The molecule has 0 aliphatic carbocycles. The molecule has 0 spiro atoms. The Balaban J connectivity index is 1.32. The summed E-state index contributed by atoms with van der Waals surface area (Å²) in [6.45, 7) is 6.89. The first kappa shape index (κ1) is 23.7. The molecule has 7 nitrogen and oxygen atoms in total. The average molecular weight is 491 g/mol. The fraction of sp³-hybridized carbons (Fsp3) is 0.417. The SMILES string of the molecule is CC(C)OC(=O)c1cccc2[nH]c(NCC3CCN(Cc4cc(Cl)cc(Cl)c4O)CC3)nc12. The monoisotopic (exact) mass is 490 g/mol. The highest BCUT2D eigenvalue weighted by Gasteiger charge is 2.22. The number of nitrogens with zero attached hydrogens (tertiary/aromatic N) is 2. The zero-order chi connectivity index (χ0) is 23.5. The van der Waals surface area contributed by atoms with Crippen LogP contribution in [0, 0.1) is 5.92 Å². The van der Waals surface area contributed by atoms with Gasteiger partial charge in [0.25, 0.3) is 0 Å². The number of rotatable bonds is 7. The Labute approximate surface area is 203 Å². The molecule has 9 heteroatoms. The first-order chi connectivity index (χ1) is 15.8. The van der Waals surface area contributed by atoms with Crippen molar-refractivity contribution >= 4 is 46.2 Å². The van der Waals surface area contributed by atoms with Crippen LogP contribution in [-0.4, -0.2) is 51.7 Å². The van der Waals surface area contributed by atoms with Crippen LogP contribution in [0.1, 0.15) is 42.6 Å². The molecule has 0 saturated carbocycles. The number of para-hydroxylation sites is 1. The number of hydrogen-bond donors (Lipinski definition) is 3. The van der Waals surface area contributed by atoms with E-state index in [0.717, 1.165) is 43.6 Å². The van der Waals surface area contributed by atoms with Gasteiger partial charge in [-0.15, -0.1) is 0 Å². The normalized spacial score (nSPS) is 15.3. The minimum absolute atomic E-state index is 0.103. The third-order valence-electron chi connectivity index (χ3n) is 5.84. The summed E-state index contributed by atoms with van der Waals surface area (Å²) < 4.78 is 5.33. The summed E-state index contributed by atoms with van der Waals surface area (Å²) in [4.78, 5) is 22.5. The van der Waals surface area contributed by atoms with E-state index < -0.39 is 0 Å². The zero-order valence-corrected chi connectivity index (χ0v) is 20.2. The Morgan fingerprint density at radius 2 is 2.06 bits per heavy atom. The lowest BCUT2D eigenvalue weighted by atomic mass is 9.96. The number of phenolic OH excluding ortho intramolecular Hbond substituents is 1. The van der Waals surface area contributed by atoms with E-state index in [1.807, 2.05) is 26.0 Å². The van der Waals surface area contributed by atoms with E-state index >= 15 is 0 Å². The highest BCUT2D eigenvalue weighted by Crippen LogP contribution is 2.32. The van der Waals surface area contributed by atoms with Gasteiger partial charge in [0.15, 0.2) is 0 Å². The zero-order valence-electron chi connectivity index (χ0n) is 18.7. The first-order valence-electron chi connectivity index (χ1n) is 11.1. The number of aromatic hydroxyl groups is 1. The fourth-order valence-corrected chi connectivity index (χ4v) is 4.66. The number of aromatic amines is 1. The third kappa shape index (κ3) is 5.72. The van der Waals surface area contributed by atoms with Crippen LogP contribution in [-0.2, 0) is 11.3 Å². The number of hydrogen-bond acceptors (Lipinski definition) is 6. The Morgan fingerprint density at radius 3 is 2.79 bits per heavy atom. The van der Waals surface area contributed by atoms with E-state index in [-0.39, 0.29) is 22.8 Å². The molecule has 0 bridgehead atoms. The van der Waals surface area contributed by atoms with Gasteiger partial charge in [-0.05, 0) is 70.0 Å². The maximum Gasteiger partial charge on any atom is 0.340 e. The molecule has 176 valence electrons. The van der Waals surface area contributed by atoms with Crippen LogP contribution in [0.2, 0.25) is 10.0 Å². The Morgan fingerprint density at radius 1 is 1.30 bits per heavy atom. The van der Waals surface area contributed by atoms with Crippen LogP contribution in [0.15, 0.2) is 30.3 Å². The molecule has 3 N–H and O–H groups in total. The average Bonchev–Trinajstić information content (AvgIpc) is 3.19. The Bertz CT molecular complexity index is 1140. The van der Waals surface area contributed by atoms with Crippen LogP contribution >= 0.6 is 23.2 Å². The fourth-order valence-electron chi connectivity index (χ4n) is 4.13. The molecule has 0 unspecified atom stereocenters. The van der Waals surface area contributed by atoms with Crippen molar-refractivity contribution < 1.29 is 14.6 Å². The van der Waals surface area contributed by atoms with Crippen LogP contribution in [0.25, 0.3) is 11.0 Å². The van der Waals surface area contributed by atoms with Crippen molar-refractivity contribution in [3.63, 3.8) is 0 Å². The quantitative estimate of drug-likeness (QED) is 0.380. The second-order valence-electron chi connectivity index (χ2n) is 8.74. The predicted octanol–water partition coefficient (Wildman–Crippen LogP) is 5.46. The highest BCUT2D eigenvalue weighted by molar-refractivity contribution is 6.35. The largest absolute Gasteiger partial charge is 0.506 e. The van der Waals surface area contributed by atoms with Crippen LogP contribution in [0.4, 0.5) is 5.95 Å². The number of carbonyl (C=O) groups is 1. The van der Waals surface area contributed by atoms with E-state index in [1.54, 1.807) is 18.2 Å². The predicted molar refractivity (Wildman–Crippen MR) is 131 cm³/mol. The Kier molecular flexibility index (Phi) is 7.32. The van der Waals surface area contributed by atoms with Gasteiger partial charge in [0.1, 0.15) is 11.3 Å². The number of anilines is 1. The summed E-state index contributed by atoms with van der Waals surface area (Å²) in [6, 6.07) is 8.77. The highest BCUT2D eigenvalue weighted by atomic mass is 35.5. The van der Waals surface area contributed by atoms with Gasteiger partial charge in [-0.1, -0.05) is 29.3 Å². The molecule has 3 aromatic rings. The van der Waals surface area contributed by atoms with E-state index in [4.69, 9.17) is 27.9 Å². The summed E-state index contributed by atoms with van der Waals surface area (Å²) in [5.41, 5.74) is 2.62. The number of likely N-dealkylation sites (tertiary alicyclic amines) is 1. The summed E-state index contributed by atoms with van der Waals surface area (Å²) in [5.74, 6) is 0.881. The van der Waals surface area contributed by atoms with Gasteiger partial charge in [-0.2, -0.15) is 0 Å². The van der Waals surface area contributed by atoms with Crippen molar-refractivity contribution in [3.05, 3.63) is 51.5 Å². The molecular formula is C24H28Cl2N4O3. The van der Waals surface area contributed by atoms with E-state index in [2.05, 4.69) is 20.2 Å². The van der Waals surface area contributed by atoms with Crippen molar-refractivity contribution in [2.24, 2.45) is 5.92 Å². The van der Waals surface area contributed by atoms with Crippen molar-refractivity contribution in [2.75, 3.05) is 25.0 Å². The van der Waals surface area contributed by atoms with Crippen LogP contribution < -0.4 is 5.32 Å². The standard InChI is InChI=1S/C24H28Cl2N4O3/c1-14(2)33-23(32)18-4-3-5-20-21(18)29-24(28-20)27-12-15-6-8-30(9-7-15)13-16-10-17(25)11-19(26)22(16)31/h3-5,10-11,14-15,31H,6-9,12-13H2,1-2H3,(H2,27,28,29). The second-order valence-corrected chi connectivity index (χ2v) is 9.58. The third-order valence-corrected chi connectivity index (χ3v) is 6.35. The number of esters is 1. The van der Waals surface area contributed by atoms with Crippen molar-refractivity contribution in [1.29, 1.82) is 0 Å². The number of nitrogens with one attached hydrogen (secondary N) is 2. The summed E-state index contributed by atoms with van der Waals surface area (Å²) >= 11 is 12.1. The Hall–Kier alpha value is -2.48. The van der Waals surface area contributed by atoms with Gasteiger partial charge < -0.3 is 20.1 Å². The van der Waals surface area contributed by atoms with Gasteiger partial charge in [0.2, 0.25) is 5.95 Å². The molecule has 1 fully saturated rings.